The fourth-order valence-electron chi connectivity index (χ4n) is 2.65. The Hall–Kier alpha value is -1.02. The SMILES string of the molecule is CN1CCN(C(C)(C)CNCc2cn(CCO)nn2)CC1. The van der Waals surface area contributed by atoms with E-state index in [2.05, 4.69) is 46.3 Å². The van der Waals surface area contributed by atoms with Crippen molar-refractivity contribution in [3.05, 3.63) is 11.9 Å². The molecule has 1 aromatic rings. The molecule has 7 heteroatoms. The number of aliphatic hydroxyl groups excluding tert-OH is 1. The minimum atomic E-state index is 0.0899. The number of likely N-dealkylation sites (N-methyl/N-ethyl adjacent to an activating group) is 1. The molecule has 0 unspecified atom stereocenters. The van der Waals surface area contributed by atoms with Crippen LogP contribution in [0.25, 0.3) is 0 Å². The van der Waals surface area contributed by atoms with Crippen molar-refractivity contribution in [3.8, 4) is 0 Å². The topological polar surface area (TPSA) is 69.5 Å². The molecule has 21 heavy (non-hydrogen) atoms. The quantitative estimate of drug-likeness (QED) is 0.699. The minimum Gasteiger partial charge on any atom is -0.394 e. The molecule has 0 radical (unpaired) electrons. The summed E-state index contributed by atoms with van der Waals surface area (Å²) in [5.41, 5.74) is 1.06. The Morgan fingerprint density at radius 1 is 1.29 bits per heavy atom. The van der Waals surface area contributed by atoms with Crippen molar-refractivity contribution in [2.75, 3.05) is 46.4 Å². The molecule has 0 aromatic carbocycles. The zero-order chi connectivity index (χ0) is 15.3. The summed E-state index contributed by atoms with van der Waals surface area (Å²) in [5, 5.41) is 20.4. The van der Waals surface area contributed by atoms with Crippen LogP contribution in [0.2, 0.25) is 0 Å². The number of aliphatic hydroxyl groups is 1. The van der Waals surface area contributed by atoms with Crippen LogP contribution >= 0.6 is 0 Å². The largest absolute Gasteiger partial charge is 0.394 e. The van der Waals surface area contributed by atoms with E-state index in [9.17, 15) is 0 Å². The molecule has 1 saturated heterocycles. The van der Waals surface area contributed by atoms with E-state index in [0.29, 0.717) is 13.1 Å². The Kier molecular flexibility index (Phi) is 5.69. The third kappa shape index (κ3) is 4.74. The van der Waals surface area contributed by atoms with Crippen LogP contribution in [-0.4, -0.2) is 81.8 Å². The van der Waals surface area contributed by atoms with Crippen molar-refractivity contribution in [1.82, 2.24) is 30.1 Å². The fraction of sp³-hybridized carbons (Fsp3) is 0.857. The first kappa shape index (κ1) is 16.4. The zero-order valence-corrected chi connectivity index (χ0v) is 13.4. The van der Waals surface area contributed by atoms with E-state index < -0.39 is 0 Å². The second kappa shape index (κ2) is 7.31. The average molecular weight is 296 g/mol. The summed E-state index contributed by atoms with van der Waals surface area (Å²) >= 11 is 0. The van der Waals surface area contributed by atoms with E-state index in [1.165, 1.54) is 0 Å². The fourth-order valence-corrected chi connectivity index (χ4v) is 2.65. The van der Waals surface area contributed by atoms with E-state index in [4.69, 9.17) is 5.11 Å². The molecule has 1 fully saturated rings. The van der Waals surface area contributed by atoms with E-state index in [-0.39, 0.29) is 12.1 Å². The molecular weight excluding hydrogens is 268 g/mol. The minimum absolute atomic E-state index is 0.0899. The predicted octanol–water partition coefficient (Wildman–Crippen LogP) is -0.614. The van der Waals surface area contributed by atoms with Crippen LogP contribution in [-0.2, 0) is 13.1 Å². The maximum absolute atomic E-state index is 8.86. The van der Waals surface area contributed by atoms with Gasteiger partial charge in [0.2, 0.25) is 0 Å². The van der Waals surface area contributed by atoms with Crippen LogP contribution in [0.1, 0.15) is 19.5 Å². The lowest BCUT2D eigenvalue weighted by Gasteiger charge is -2.43. The van der Waals surface area contributed by atoms with Crippen molar-refractivity contribution in [3.63, 3.8) is 0 Å². The molecule has 2 heterocycles. The van der Waals surface area contributed by atoms with E-state index in [1.54, 1.807) is 4.68 Å². The van der Waals surface area contributed by atoms with Gasteiger partial charge in [-0.05, 0) is 20.9 Å². The third-order valence-corrected chi connectivity index (χ3v) is 4.14. The lowest BCUT2D eigenvalue weighted by Crippen LogP contribution is -2.57. The number of hydrogen-bond donors (Lipinski definition) is 2. The molecule has 1 aliphatic heterocycles. The maximum atomic E-state index is 8.86. The standard InChI is InChI=1S/C14H28N6O/c1-14(2,19-6-4-18(3)5-7-19)12-15-10-13-11-20(8-9-21)17-16-13/h11,15,21H,4-10,12H2,1-3H3. The van der Waals surface area contributed by atoms with Gasteiger partial charge in [0.1, 0.15) is 0 Å². The van der Waals surface area contributed by atoms with Crippen molar-refractivity contribution in [1.29, 1.82) is 0 Å². The first-order valence-corrected chi connectivity index (χ1v) is 7.65. The monoisotopic (exact) mass is 296 g/mol. The highest BCUT2D eigenvalue weighted by atomic mass is 16.3. The van der Waals surface area contributed by atoms with Gasteiger partial charge in [-0.15, -0.1) is 5.10 Å². The smallest absolute Gasteiger partial charge is 0.0964 e. The summed E-state index contributed by atoms with van der Waals surface area (Å²) in [6.45, 7) is 11.3. The normalized spacial score (nSPS) is 18.3. The molecule has 0 amide bonds. The number of nitrogens with one attached hydrogen (secondary N) is 1. The first-order chi connectivity index (χ1) is 10.0. The number of aromatic nitrogens is 3. The molecule has 0 bridgehead atoms. The van der Waals surface area contributed by atoms with Crippen LogP contribution in [0.15, 0.2) is 6.20 Å². The lowest BCUT2D eigenvalue weighted by molar-refractivity contribution is 0.0617. The highest BCUT2D eigenvalue weighted by Crippen LogP contribution is 2.15. The van der Waals surface area contributed by atoms with Gasteiger partial charge in [0.25, 0.3) is 0 Å². The Morgan fingerprint density at radius 2 is 2.00 bits per heavy atom. The summed E-state index contributed by atoms with van der Waals surface area (Å²) in [7, 11) is 2.18. The Morgan fingerprint density at radius 3 is 2.67 bits per heavy atom. The molecule has 2 N–H and O–H groups in total. The van der Waals surface area contributed by atoms with Gasteiger partial charge in [-0.1, -0.05) is 5.21 Å². The highest BCUT2D eigenvalue weighted by molar-refractivity contribution is 4.93. The molecule has 0 saturated carbocycles. The van der Waals surface area contributed by atoms with Crippen molar-refractivity contribution in [2.45, 2.75) is 32.5 Å². The van der Waals surface area contributed by atoms with Gasteiger partial charge in [0, 0.05) is 51.0 Å². The predicted molar refractivity (Wildman–Crippen MR) is 82.0 cm³/mol. The summed E-state index contributed by atoms with van der Waals surface area (Å²) < 4.78 is 1.67. The molecule has 7 nitrogen and oxygen atoms in total. The van der Waals surface area contributed by atoms with E-state index in [0.717, 1.165) is 38.4 Å². The molecule has 0 aliphatic carbocycles. The molecular formula is C14H28N6O. The maximum Gasteiger partial charge on any atom is 0.0964 e. The van der Waals surface area contributed by atoms with Crippen LogP contribution in [0.4, 0.5) is 0 Å². The average Bonchev–Trinajstić information content (AvgIpc) is 2.87. The highest BCUT2D eigenvalue weighted by Gasteiger charge is 2.28. The molecule has 0 atom stereocenters. The van der Waals surface area contributed by atoms with Gasteiger partial charge in [0.05, 0.1) is 18.8 Å². The van der Waals surface area contributed by atoms with Gasteiger partial charge in [-0.2, -0.15) is 0 Å². The first-order valence-electron chi connectivity index (χ1n) is 7.65. The van der Waals surface area contributed by atoms with Crippen molar-refractivity contribution < 1.29 is 5.11 Å². The summed E-state index contributed by atoms with van der Waals surface area (Å²) in [6, 6.07) is 0. The number of hydrogen-bond acceptors (Lipinski definition) is 6. The van der Waals surface area contributed by atoms with Crippen molar-refractivity contribution >= 4 is 0 Å². The van der Waals surface area contributed by atoms with Crippen LogP contribution < -0.4 is 5.32 Å². The second-order valence-electron chi connectivity index (χ2n) is 6.40. The van der Waals surface area contributed by atoms with E-state index in [1.807, 2.05) is 6.20 Å². The van der Waals surface area contributed by atoms with Gasteiger partial charge in [0.15, 0.2) is 0 Å². The van der Waals surface area contributed by atoms with Gasteiger partial charge >= 0.3 is 0 Å². The third-order valence-electron chi connectivity index (χ3n) is 4.14. The van der Waals surface area contributed by atoms with Crippen LogP contribution in [0.5, 0.6) is 0 Å². The summed E-state index contributed by atoms with van der Waals surface area (Å²) in [4.78, 5) is 4.92. The van der Waals surface area contributed by atoms with Gasteiger partial charge < -0.3 is 15.3 Å². The molecule has 2 rings (SSSR count). The Bertz CT molecular complexity index is 425. The number of piperazine rings is 1. The lowest BCUT2D eigenvalue weighted by atomic mass is 10.0. The number of rotatable bonds is 7. The van der Waals surface area contributed by atoms with Gasteiger partial charge in [-0.3, -0.25) is 4.90 Å². The van der Waals surface area contributed by atoms with E-state index >= 15 is 0 Å². The summed E-state index contributed by atoms with van der Waals surface area (Å²) in [5.74, 6) is 0. The van der Waals surface area contributed by atoms with Crippen molar-refractivity contribution in [2.24, 2.45) is 0 Å². The van der Waals surface area contributed by atoms with Crippen LogP contribution in [0, 0.1) is 0 Å². The zero-order valence-electron chi connectivity index (χ0n) is 13.4. The van der Waals surface area contributed by atoms with Crippen LogP contribution in [0.3, 0.4) is 0 Å². The molecule has 0 spiro atoms. The number of nitrogens with zero attached hydrogens (tertiary/aromatic N) is 5. The molecule has 1 aliphatic rings. The summed E-state index contributed by atoms with van der Waals surface area (Å²) in [6.07, 6.45) is 1.88. The van der Waals surface area contributed by atoms with Gasteiger partial charge in [-0.25, -0.2) is 4.68 Å². The Balaban J connectivity index is 1.75. The Labute approximate surface area is 126 Å². The molecule has 1 aromatic heterocycles. The second-order valence-corrected chi connectivity index (χ2v) is 6.40. The molecule has 120 valence electrons.